The molecule has 0 N–H and O–H groups in total. The number of carbonyl (C=O) groups excluding carboxylic acids is 1. The van der Waals surface area contributed by atoms with Crippen LogP contribution in [0.2, 0.25) is 0 Å². The van der Waals surface area contributed by atoms with E-state index in [2.05, 4.69) is 0 Å². The van der Waals surface area contributed by atoms with Crippen molar-refractivity contribution >= 4 is 14.8 Å². The van der Waals surface area contributed by atoms with Gasteiger partial charge in [-0.2, -0.15) is 0 Å². The summed E-state index contributed by atoms with van der Waals surface area (Å²) >= 11 is 0. The Balaban J connectivity index is 2.93. The van der Waals surface area contributed by atoms with Crippen molar-refractivity contribution in [1.82, 2.24) is 0 Å². The van der Waals surface area contributed by atoms with Gasteiger partial charge < -0.3 is 4.42 Å². The molecule has 0 fully saturated rings. The van der Waals surface area contributed by atoms with Crippen LogP contribution in [0.1, 0.15) is 10.6 Å². The van der Waals surface area contributed by atoms with Crippen molar-refractivity contribution < 1.29 is 9.21 Å². The summed E-state index contributed by atoms with van der Waals surface area (Å²) in [6.45, 7) is 0. The van der Waals surface area contributed by atoms with Crippen molar-refractivity contribution in [2.45, 2.75) is 0 Å². The molecule has 0 radical (unpaired) electrons. The third-order valence-electron chi connectivity index (χ3n) is 0.764. The van der Waals surface area contributed by atoms with Crippen LogP contribution in [-0.2, 0) is 0 Å². The molecule has 3 heteroatoms. The fourth-order valence-corrected chi connectivity index (χ4v) is 0.583. The summed E-state index contributed by atoms with van der Waals surface area (Å²) in [6, 6.07) is 3.30. The highest BCUT2D eigenvalue weighted by Crippen LogP contribution is 2.04. The maximum Gasteiger partial charge on any atom is 0.212 e. The molecule has 0 saturated heterocycles. The average molecular weight is 128 g/mol. The van der Waals surface area contributed by atoms with Crippen molar-refractivity contribution in [3.05, 3.63) is 24.2 Å². The minimum atomic E-state index is -0.116. The van der Waals surface area contributed by atoms with Gasteiger partial charge in [-0.15, -0.1) is 0 Å². The van der Waals surface area contributed by atoms with Crippen LogP contribution in [0.3, 0.4) is 0 Å². The zero-order chi connectivity index (χ0) is 5.98. The number of hydrogen-bond acceptors (Lipinski definition) is 2. The van der Waals surface area contributed by atoms with Crippen LogP contribution in [0.25, 0.3) is 0 Å². The van der Waals surface area contributed by atoms with Crippen molar-refractivity contribution in [2.75, 3.05) is 0 Å². The lowest BCUT2D eigenvalue weighted by atomic mass is 10.5. The predicted octanol–water partition coefficient (Wildman–Crippen LogP) is 1.29. The minimum absolute atomic E-state index is 0.116. The second-order valence-electron chi connectivity index (χ2n) is 1.34. The van der Waals surface area contributed by atoms with Gasteiger partial charge in [0.15, 0.2) is 5.76 Å². The van der Waals surface area contributed by atoms with E-state index in [-0.39, 0.29) is 5.52 Å². The van der Waals surface area contributed by atoms with E-state index in [9.17, 15) is 4.79 Å². The second-order valence-corrected chi connectivity index (χ2v) is 1.87. The van der Waals surface area contributed by atoms with E-state index >= 15 is 0 Å². The lowest BCUT2D eigenvalue weighted by molar-refractivity contribution is 0.106. The molecule has 1 rings (SSSR count). The molecule has 0 spiro atoms. The zero-order valence-corrected chi connectivity index (χ0v) is 5.28. The molecule has 0 saturated carbocycles. The van der Waals surface area contributed by atoms with Crippen LogP contribution < -0.4 is 0 Å². The summed E-state index contributed by atoms with van der Waals surface area (Å²) < 4.78 is 4.72. The minimum Gasteiger partial charge on any atom is -0.461 e. The van der Waals surface area contributed by atoms with Gasteiger partial charge in [0.05, 0.1) is 6.26 Å². The molecule has 1 aromatic rings. The molecule has 0 aromatic carbocycles. The molecular weight excluding hydrogens is 123 g/mol. The summed E-state index contributed by atoms with van der Waals surface area (Å²) in [6.07, 6.45) is 1.47. The first-order valence-corrected chi connectivity index (χ1v) is 2.72. The maximum atomic E-state index is 10.4. The lowest BCUT2D eigenvalue weighted by Crippen LogP contribution is -1.79. The molecule has 2 nitrogen and oxygen atoms in total. The molecular formula is C5H5O2P. The maximum absolute atomic E-state index is 10.4. The summed E-state index contributed by atoms with van der Waals surface area (Å²) in [4.78, 5) is 10.4. The highest BCUT2D eigenvalue weighted by molar-refractivity contribution is 7.41. The highest BCUT2D eigenvalue weighted by atomic mass is 31.0. The van der Waals surface area contributed by atoms with Gasteiger partial charge in [0.25, 0.3) is 0 Å². The zero-order valence-electron chi connectivity index (χ0n) is 4.13. The molecule has 8 heavy (non-hydrogen) atoms. The number of rotatable bonds is 1. The molecule has 1 aromatic heterocycles. The van der Waals surface area contributed by atoms with E-state index in [0.29, 0.717) is 5.76 Å². The van der Waals surface area contributed by atoms with Crippen LogP contribution in [0, 0.1) is 0 Å². The van der Waals surface area contributed by atoms with Crippen LogP contribution in [0.4, 0.5) is 0 Å². The largest absolute Gasteiger partial charge is 0.461 e. The summed E-state index contributed by atoms with van der Waals surface area (Å²) in [5, 5.41) is 0. The van der Waals surface area contributed by atoms with E-state index in [0.717, 1.165) is 0 Å². The lowest BCUT2D eigenvalue weighted by Gasteiger charge is -1.79. The Morgan fingerprint density at radius 2 is 2.50 bits per heavy atom. The third kappa shape index (κ3) is 0.958. The van der Waals surface area contributed by atoms with E-state index < -0.39 is 0 Å². The fraction of sp³-hybridized carbons (Fsp3) is 0. The molecule has 0 aliphatic carbocycles. The van der Waals surface area contributed by atoms with E-state index in [1.807, 2.05) is 9.24 Å². The third-order valence-corrected chi connectivity index (χ3v) is 1.05. The van der Waals surface area contributed by atoms with Gasteiger partial charge >= 0.3 is 0 Å². The topological polar surface area (TPSA) is 30.2 Å². The average Bonchev–Trinajstić information content (AvgIpc) is 2.12. The van der Waals surface area contributed by atoms with Crippen molar-refractivity contribution in [1.29, 1.82) is 0 Å². The number of carbonyl (C=O) groups is 1. The van der Waals surface area contributed by atoms with E-state index in [1.54, 1.807) is 12.1 Å². The smallest absolute Gasteiger partial charge is 0.212 e. The Morgan fingerprint density at radius 3 is 2.75 bits per heavy atom. The summed E-state index contributed by atoms with van der Waals surface area (Å²) in [5.41, 5.74) is -0.116. The van der Waals surface area contributed by atoms with Gasteiger partial charge in [-0.1, -0.05) is 9.24 Å². The Hall–Kier alpha value is -0.620. The molecule has 0 amide bonds. The molecule has 42 valence electrons. The van der Waals surface area contributed by atoms with E-state index in [1.165, 1.54) is 6.26 Å². The van der Waals surface area contributed by atoms with Crippen molar-refractivity contribution in [3.8, 4) is 0 Å². The molecule has 0 bridgehead atoms. The van der Waals surface area contributed by atoms with E-state index in [4.69, 9.17) is 4.42 Å². The van der Waals surface area contributed by atoms with Crippen molar-refractivity contribution in [3.63, 3.8) is 0 Å². The Labute approximate surface area is 49.1 Å². The first-order valence-electron chi connectivity index (χ1n) is 2.14. The highest BCUT2D eigenvalue weighted by Gasteiger charge is 1.97. The van der Waals surface area contributed by atoms with Gasteiger partial charge in [0.1, 0.15) is 0 Å². The van der Waals surface area contributed by atoms with Gasteiger partial charge in [-0.05, 0) is 12.1 Å². The van der Waals surface area contributed by atoms with Crippen LogP contribution in [0.5, 0.6) is 0 Å². The van der Waals surface area contributed by atoms with Crippen LogP contribution in [0.15, 0.2) is 22.8 Å². The second kappa shape index (κ2) is 2.10. The Morgan fingerprint density at radius 1 is 1.75 bits per heavy atom. The normalized spacial score (nSPS) is 9.12. The van der Waals surface area contributed by atoms with Crippen LogP contribution >= 0.6 is 9.24 Å². The van der Waals surface area contributed by atoms with Crippen LogP contribution in [-0.4, -0.2) is 5.52 Å². The standard InChI is InChI=1S/C5H5O2P/c6-5(8)4-2-1-3-7-4/h1-3H,8H2. The molecule has 0 aliphatic rings. The Kier molecular flexibility index (Phi) is 1.45. The molecule has 1 heterocycles. The summed E-state index contributed by atoms with van der Waals surface area (Å²) in [7, 11) is 2.03. The first kappa shape index (κ1) is 5.52. The molecule has 1 unspecified atom stereocenters. The van der Waals surface area contributed by atoms with Gasteiger partial charge in [0.2, 0.25) is 5.52 Å². The Bertz CT molecular complexity index is 178. The monoisotopic (exact) mass is 128 g/mol. The number of hydrogen-bond donors (Lipinski definition) is 0. The SMILES string of the molecule is O=C(P)c1ccco1. The molecule has 1 atom stereocenters. The first-order chi connectivity index (χ1) is 3.80. The van der Waals surface area contributed by atoms with Gasteiger partial charge in [0, 0.05) is 0 Å². The fourth-order valence-electron chi connectivity index (χ4n) is 0.419. The van der Waals surface area contributed by atoms with Gasteiger partial charge in [-0.3, -0.25) is 4.79 Å². The quantitative estimate of drug-likeness (QED) is 0.533. The number of furan rings is 1. The van der Waals surface area contributed by atoms with Crippen molar-refractivity contribution in [2.24, 2.45) is 0 Å². The summed E-state index contributed by atoms with van der Waals surface area (Å²) in [5.74, 6) is 0.384. The predicted molar refractivity (Wildman–Crippen MR) is 32.7 cm³/mol. The molecule has 0 aliphatic heterocycles. The van der Waals surface area contributed by atoms with Gasteiger partial charge in [-0.25, -0.2) is 0 Å².